The molecule has 0 saturated heterocycles. The third-order valence-corrected chi connectivity index (χ3v) is 3.82. The first-order valence-corrected chi connectivity index (χ1v) is 6.91. The van der Waals surface area contributed by atoms with Gasteiger partial charge in [0.25, 0.3) is 5.91 Å². The molecule has 1 aromatic rings. The molecular formula is C14H22N2O4. The number of hydrogen-bond donors (Lipinski definition) is 1. The Morgan fingerprint density at radius 1 is 1.40 bits per heavy atom. The van der Waals surface area contributed by atoms with Crippen LogP contribution in [0.15, 0.2) is 10.6 Å². The van der Waals surface area contributed by atoms with Crippen LogP contribution in [0.5, 0.6) is 0 Å². The fourth-order valence-electron chi connectivity index (χ4n) is 2.79. The minimum Gasteiger partial charge on any atom is -0.384 e. The van der Waals surface area contributed by atoms with Gasteiger partial charge in [0.15, 0.2) is 11.5 Å². The molecular weight excluding hydrogens is 260 g/mol. The van der Waals surface area contributed by atoms with Crippen molar-refractivity contribution in [2.75, 3.05) is 27.4 Å². The lowest BCUT2D eigenvalue weighted by atomic mass is 9.87. The predicted molar refractivity (Wildman–Crippen MR) is 72.3 cm³/mol. The van der Waals surface area contributed by atoms with Crippen molar-refractivity contribution in [3.05, 3.63) is 17.5 Å². The standard InChI is InChI=1S/C14H22N2O4/c1-18-8-11-7-12(16-20-11)13(17)15-9-14(10-19-2)5-3-4-6-14/h7H,3-6,8-10H2,1-2H3,(H,15,17). The first kappa shape index (κ1) is 15.0. The van der Waals surface area contributed by atoms with Crippen LogP contribution in [-0.4, -0.2) is 38.4 Å². The molecule has 1 amide bonds. The molecule has 0 aliphatic heterocycles. The van der Waals surface area contributed by atoms with Crippen LogP contribution >= 0.6 is 0 Å². The third kappa shape index (κ3) is 3.58. The van der Waals surface area contributed by atoms with Crippen LogP contribution in [-0.2, 0) is 16.1 Å². The Morgan fingerprint density at radius 2 is 2.15 bits per heavy atom. The zero-order valence-electron chi connectivity index (χ0n) is 12.1. The van der Waals surface area contributed by atoms with Gasteiger partial charge < -0.3 is 19.3 Å². The Kier molecular flexibility index (Phi) is 5.14. The minimum atomic E-state index is -0.210. The molecule has 20 heavy (non-hydrogen) atoms. The smallest absolute Gasteiger partial charge is 0.273 e. The van der Waals surface area contributed by atoms with E-state index in [0.717, 1.165) is 12.8 Å². The molecule has 0 spiro atoms. The monoisotopic (exact) mass is 282 g/mol. The number of amides is 1. The van der Waals surface area contributed by atoms with Crippen molar-refractivity contribution < 1.29 is 18.8 Å². The topological polar surface area (TPSA) is 73.6 Å². The third-order valence-electron chi connectivity index (χ3n) is 3.82. The summed E-state index contributed by atoms with van der Waals surface area (Å²) in [6.07, 6.45) is 4.58. The fraction of sp³-hybridized carbons (Fsp3) is 0.714. The van der Waals surface area contributed by atoms with E-state index >= 15 is 0 Å². The maximum atomic E-state index is 12.1. The number of methoxy groups -OCH3 is 2. The summed E-state index contributed by atoms with van der Waals surface area (Å²) in [6, 6.07) is 1.61. The molecule has 0 unspecified atom stereocenters. The summed E-state index contributed by atoms with van der Waals surface area (Å²) >= 11 is 0. The fourth-order valence-corrected chi connectivity index (χ4v) is 2.79. The number of nitrogens with one attached hydrogen (secondary N) is 1. The highest BCUT2D eigenvalue weighted by Gasteiger charge is 2.34. The molecule has 0 atom stereocenters. The number of hydrogen-bond acceptors (Lipinski definition) is 5. The zero-order chi connectivity index (χ0) is 14.4. The number of carbonyl (C=O) groups excluding carboxylic acids is 1. The first-order valence-electron chi connectivity index (χ1n) is 6.91. The van der Waals surface area contributed by atoms with Crippen molar-refractivity contribution in [2.24, 2.45) is 5.41 Å². The first-order chi connectivity index (χ1) is 9.69. The van der Waals surface area contributed by atoms with Gasteiger partial charge in [0, 0.05) is 32.2 Å². The Bertz CT molecular complexity index is 438. The highest BCUT2D eigenvalue weighted by molar-refractivity contribution is 5.92. The highest BCUT2D eigenvalue weighted by atomic mass is 16.5. The van der Waals surface area contributed by atoms with Gasteiger partial charge in [-0.1, -0.05) is 18.0 Å². The highest BCUT2D eigenvalue weighted by Crippen LogP contribution is 2.37. The molecule has 1 aliphatic rings. The Hall–Kier alpha value is -1.40. The zero-order valence-corrected chi connectivity index (χ0v) is 12.1. The summed E-state index contributed by atoms with van der Waals surface area (Å²) in [4.78, 5) is 12.1. The van der Waals surface area contributed by atoms with Gasteiger partial charge in [-0.3, -0.25) is 4.79 Å². The molecule has 1 aromatic heterocycles. The van der Waals surface area contributed by atoms with Crippen LogP contribution in [0.2, 0.25) is 0 Å². The van der Waals surface area contributed by atoms with Crippen LogP contribution < -0.4 is 5.32 Å². The SMILES string of the molecule is COCc1cc(C(=O)NCC2(COC)CCCC2)no1. The van der Waals surface area contributed by atoms with Gasteiger partial charge in [0.1, 0.15) is 6.61 Å². The van der Waals surface area contributed by atoms with Gasteiger partial charge in [0.2, 0.25) is 0 Å². The van der Waals surface area contributed by atoms with E-state index in [-0.39, 0.29) is 11.3 Å². The summed E-state index contributed by atoms with van der Waals surface area (Å²) in [5.41, 5.74) is 0.367. The molecule has 112 valence electrons. The lowest BCUT2D eigenvalue weighted by Crippen LogP contribution is -2.38. The lowest BCUT2D eigenvalue weighted by molar-refractivity contribution is 0.0736. The van der Waals surface area contributed by atoms with Gasteiger partial charge in [-0.05, 0) is 12.8 Å². The van der Waals surface area contributed by atoms with Crippen LogP contribution in [0, 0.1) is 5.41 Å². The van der Waals surface area contributed by atoms with Crippen molar-refractivity contribution in [1.29, 1.82) is 0 Å². The van der Waals surface area contributed by atoms with Crippen LogP contribution in [0.4, 0.5) is 0 Å². The van der Waals surface area contributed by atoms with Gasteiger partial charge >= 0.3 is 0 Å². The van der Waals surface area contributed by atoms with E-state index in [2.05, 4.69) is 10.5 Å². The second-order valence-corrected chi connectivity index (χ2v) is 5.43. The molecule has 1 heterocycles. The largest absolute Gasteiger partial charge is 0.384 e. The second-order valence-electron chi connectivity index (χ2n) is 5.43. The quantitative estimate of drug-likeness (QED) is 0.825. The van der Waals surface area contributed by atoms with Crippen molar-refractivity contribution in [1.82, 2.24) is 10.5 Å². The molecule has 1 fully saturated rings. The van der Waals surface area contributed by atoms with E-state index in [1.807, 2.05) is 0 Å². The molecule has 0 aromatic carbocycles. The van der Waals surface area contributed by atoms with Crippen molar-refractivity contribution in [3.8, 4) is 0 Å². The van der Waals surface area contributed by atoms with Crippen LogP contribution in [0.3, 0.4) is 0 Å². The number of ether oxygens (including phenoxy) is 2. The molecule has 1 saturated carbocycles. The summed E-state index contributed by atoms with van der Waals surface area (Å²) in [7, 11) is 3.27. The van der Waals surface area contributed by atoms with Crippen molar-refractivity contribution >= 4 is 5.91 Å². The second kappa shape index (κ2) is 6.85. The number of carbonyl (C=O) groups is 1. The average Bonchev–Trinajstić information content (AvgIpc) is 3.07. The van der Waals surface area contributed by atoms with E-state index in [9.17, 15) is 4.79 Å². The van der Waals surface area contributed by atoms with Crippen LogP contribution in [0.25, 0.3) is 0 Å². The van der Waals surface area contributed by atoms with Gasteiger partial charge in [0.05, 0.1) is 6.61 Å². The van der Waals surface area contributed by atoms with E-state index in [1.54, 1.807) is 20.3 Å². The predicted octanol–water partition coefficient (Wildman–Crippen LogP) is 1.76. The molecule has 1 aliphatic carbocycles. The maximum absolute atomic E-state index is 12.1. The van der Waals surface area contributed by atoms with Gasteiger partial charge in [-0.15, -0.1) is 0 Å². The molecule has 6 heteroatoms. The summed E-state index contributed by atoms with van der Waals surface area (Å²) < 4.78 is 15.2. The van der Waals surface area contributed by atoms with Gasteiger partial charge in [-0.2, -0.15) is 0 Å². The van der Waals surface area contributed by atoms with E-state index in [4.69, 9.17) is 14.0 Å². The molecule has 0 bridgehead atoms. The Morgan fingerprint density at radius 3 is 2.80 bits per heavy atom. The Labute approximate surface area is 118 Å². The normalized spacial score (nSPS) is 17.3. The van der Waals surface area contributed by atoms with Crippen LogP contribution in [0.1, 0.15) is 41.9 Å². The molecule has 0 radical (unpaired) electrons. The molecule has 2 rings (SSSR count). The molecule has 1 N–H and O–H groups in total. The lowest BCUT2D eigenvalue weighted by Gasteiger charge is -2.28. The minimum absolute atomic E-state index is 0.0729. The number of nitrogens with zero attached hydrogens (tertiary/aromatic N) is 1. The number of rotatable bonds is 7. The summed E-state index contributed by atoms with van der Waals surface area (Å²) in [5.74, 6) is 0.337. The average molecular weight is 282 g/mol. The molecule has 6 nitrogen and oxygen atoms in total. The maximum Gasteiger partial charge on any atom is 0.273 e. The summed E-state index contributed by atoms with van der Waals surface area (Å²) in [6.45, 7) is 1.61. The van der Waals surface area contributed by atoms with Crippen molar-refractivity contribution in [2.45, 2.75) is 32.3 Å². The number of aromatic nitrogens is 1. The van der Waals surface area contributed by atoms with Gasteiger partial charge in [-0.25, -0.2) is 0 Å². The Balaban J connectivity index is 1.90. The van der Waals surface area contributed by atoms with E-state index in [0.29, 0.717) is 31.2 Å². The van der Waals surface area contributed by atoms with E-state index in [1.165, 1.54) is 12.8 Å². The summed E-state index contributed by atoms with van der Waals surface area (Å²) in [5, 5.41) is 6.69. The van der Waals surface area contributed by atoms with Crippen molar-refractivity contribution in [3.63, 3.8) is 0 Å². The van der Waals surface area contributed by atoms with E-state index < -0.39 is 0 Å².